The van der Waals surface area contributed by atoms with E-state index in [1.165, 1.54) is 0 Å². The zero-order chi connectivity index (χ0) is 21.4. The maximum Gasteiger partial charge on any atom is 0.339 e. The number of pyridine rings is 1. The maximum absolute atomic E-state index is 13.1. The lowest BCUT2D eigenvalue weighted by Crippen LogP contribution is -2.30. The Balaban J connectivity index is 1.50. The van der Waals surface area contributed by atoms with Gasteiger partial charge in [-0.1, -0.05) is 41.9 Å². The minimum Gasteiger partial charge on any atom is -0.452 e. The van der Waals surface area contributed by atoms with Crippen molar-refractivity contribution < 1.29 is 14.3 Å². The van der Waals surface area contributed by atoms with E-state index in [1.54, 1.807) is 0 Å². The number of rotatable bonds is 5. The van der Waals surface area contributed by atoms with E-state index in [-0.39, 0.29) is 18.6 Å². The summed E-state index contributed by atoms with van der Waals surface area (Å²) in [6, 6.07) is 15.4. The summed E-state index contributed by atoms with van der Waals surface area (Å²) in [6.45, 7) is -0.270. The number of nitrogens with one attached hydrogen (secondary N) is 1. The van der Waals surface area contributed by atoms with Gasteiger partial charge in [-0.3, -0.25) is 4.79 Å². The Morgan fingerprint density at radius 2 is 1.87 bits per heavy atom. The first-order chi connectivity index (χ1) is 15.1. The first-order valence-corrected chi connectivity index (χ1v) is 10.8. The number of hydrogen-bond acceptors (Lipinski definition) is 4. The molecule has 0 atom stereocenters. The van der Waals surface area contributed by atoms with Gasteiger partial charge in [0.05, 0.1) is 16.8 Å². The molecule has 5 nitrogen and oxygen atoms in total. The molecule has 1 heterocycles. The van der Waals surface area contributed by atoms with Crippen LogP contribution in [0.15, 0.2) is 48.5 Å². The number of nitrogens with zero attached hydrogens (tertiary/aromatic N) is 1. The molecule has 0 spiro atoms. The molecule has 1 fully saturated rings. The molecule has 6 heteroatoms. The molecule has 1 amide bonds. The van der Waals surface area contributed by atoms with Crippen LogP contribution >= 0.6 is 11.6 Å². The van der Waals surface area contributed by atoms with Crippen LogP contribution in [0.1, 0.15) is 46.4 Å². The van der Waals surface area contributed by atoms with E-state index in [0.29, 0.717) is 17.0 Å². The van der Waals surface area contributed by atoms with Crippen LogP contribution in [0.2, 0.25) is 5.02 Å². The van der Waals surface area contributed by atoms with E-state index in [1.807, 2.05) is 48.5 Å². The molecule has 1 saturated carbocycles. The average Bonchev–Trinajstić information content (AvgIpc) is 3.51. The topological polar surface area (TPSA) is 68.3 Å². The normalized spacial score (nSPS) is 16.4. The van der Waals surface area contributed by atoms with Crippen LogP contribution in [0.25, 0.3) is 22.6 Å². The van der Waals surface area contributed by atoms with Crippen LogP contribution < -0.4 is 5.32 Å². The second kappa shape index (κ2) is 8.16. The minimum absolute atomic E-state index is 0.234. The zero-order valence-electron chi connectivity index (χ0n) is 16.9. The van der Waals surface area contributed by atoms with E-state index < -0.39 is 5.97 Å². The van der Waals surface area contributed by atoms with Crippen molar-refractivity contribution in [1.29, 1.82) is 0 Å². The Morgan fingerprint density at radius 3 is 2.65 bits per heavy atom. The number of benzene rings is 2. The van der Waals surface area contributed by atoms with Crippen LogP contribution in [0.4, 0.5) is 0 Å². The highest BCUT2D eigenvalue weighted by atomic mass is 35.5. The van der Waals surface area contributed by atoms with E-state index in [9.17, 15) is 9.59 Å². The number of carbonyl (C=O) groups excluding carboxylic acids is 2. The third-order valence-electron chi connectivity index (χ3n) is 5.63. The SMILES string of the molecule is O=C(COC(=O)c1c2c(nc3ccccc13)C(=Cc1ccc(Cl)cc1)CC2)NC1CC1. The molecule has 0 aliphatic heterocycles. The first kappa shape index (κ1) is 19.8. The molecule has 1 aromatic heterocycles. The molecule has 0 radical (unpaired) electrons. The summed E-state index contributed by atoms with van der Waals surface area (Å²) in [5.74, 6) is -0.734. The summed E-state index contributed by atoms with van der Waals surface area (Å²) < 4.78 is 5.41. The molecule has 2 aliphatic carbocycles. The average molecular weight is 433 g/mol. The highest BCUT2D eigenvalue weighted by Crippen LogP contribution is 2.37. The number of carbonyl (C=O) groups is 2. The van der Waals surface area contributed by atoms with Crippen molar-refractivity contribution in [2.45, 2.75) is 31.7 Å². The molecule has 31 heavy (non-hydrogen) atoms. The third-order valence-corrected chi connectivity index (χ3v) is 5.89. The van der Waals surface area contributed by atoms with Crippen LogP contribution in [-0.4, -0.2) is 29.5 Å². The van der Waals surface area contributed by atoms with Gasteiger partial charge in [0.1, 0.15) is 0 Å². The Hall–Kier alpha value is -3.18. The lowest BCUT2D eigenvalue weighted by molar-refractivity contribution is -0.124. The van der Waals surface area contributed by atoms with Gasteiger partial charge in [0.15, 0.2) is 6.61 Å². The van der Waals surface area contributed by atoms with Gasteiger partial charge in [0.25, 0.3) is 5.91 Å². The second-order valence-electron chi connectivity index (χ2n) is 7.97. The van der Waals surface area contributed by atoms with Gasteiger partial charge >= 0.3 is 5.97 Å². The molecular weight excluding hydrogens is 412 g/mol. The predicted octanol–water partition coefficient (Wildman–Crippen LogP) is 4.81. The van der Waals surface area contributed by atoms with Gasteiger partial charge < -0.3 is 10.1 Å². The fourth-order valence-corrected chi connectivity index (χ4v) is 4.10. The molecular formula is C25H21ClN2O3. The summed E-state index contributed by atoms with van der Waals surface area (Å²) in [5.41, 5.74) is 5.06. The highest BCUT2D eigenvalue weighted by molar-refractivity contribution is 6.30. The van der Waals surface area contributed by atoms with Gasteiger partial charge in [0, 0.05) is 16.5 Å². The van der Waals surface area contributed by atoms with Crippen molar-refractivity contribution in [2.24, 2.45) is 0 Å². The highest BCUT2D eigenvalue weighted by Gasteiger charge is 2.28. The van der Waals surface area contributed by atoms with E-state index >= 15 is 0 Å². The third kappa shape index (κ3) is 4.19. The van der Waals surface area contributed by atoms with Crippen LogP contribution in [0.3, 0.4) is 0 Å². The second-order valence-corrected chi connectivity index (χ2v) is 8.41. The number of amides is 1. The summed E-state index contributed by atoms with van der Waals surface area (Å²) in [7, 11) is 0. The molecule has 1 N–H and O–H groups in total. The van der Waals surface area contributed by atoms with E-state index in [4.69, 9.17) is 21.3 Å². The number of esters is 1. The lowest BCUT2D eigenvalue weighted by Gasteiger charge is -2.12. The first-order valence-electron chi connectivity index (χ1n) is 10.4. The fraction of sp³-hybridized carbons (Fsp3) is 0.240. The monoisotopic (exact) mass is 432 g/mol. The molecule has 2 aromatic carbocycles. The van der Waals surface area contributed by atoms with Gasteiger partial charge in [-0.05, 0) is 66.7 Å². The Kier molecular flexibility index (Phi) is 5.20. The molecule has 0 saturated heterocycles. The van der Waals surface area contributed by atoms with Crippen molar-refractivity contribution >= 4 is 46.0 Å². The molecule has 0 unspecified atom stereocenters. The van der Waals surface area contributed by atoms with Crippen LogP contribution in [0.5, 0.6) is 0 Å². The summed E-state index contributed by atoms with van der Waals surface area (Å²) in [4.78, 5) is 29.9. The predicted molar refractivity (Wildman–Crippen MR) is 121 cm³/mol. The van der Waals surface area contributed by atoms with Crippen molar-refractivity contribution in [3.05, 3.63) is 75.9 Å². The lowest BCUT2D eigenvalue weighted by atomic mass is 10.0. The van der Waals surface area contributed by atoms with Crippen LogP contribution in [-0.2, 0) is 16.0 Å². The smallest absolute Gasteiger partial charge is 0.339 e. The summed E-state index contributed by atoms with van der Waals surface area (Å²) in [5, 5.41) is 4.28. The minimum atomic E-state index is -0.478. The quantitative estimate of drug-likeness (QED) is 0.587. The number of fused-ring (bicyclic) bond motifs is 2. The van der Waals surface area contributed by atoms with Crippen molar-refractivity contribution in [2.75, 3.05) is 6.61 Å². The van der Waals surface area contributed by atoms with Crippen molar-refractivity contribution in [3.63, 3.8) is 0 Å². The zero-order valence-corrected chi connectivity index (χ0v) is 17.6. The summed E-state index contributed by atoms with van der Waals surface area (Å²) >= 11 is 6.00. The Labute approximate surface area is 185 Å². The largest absolute Gasteiger partial charge is 0.452 e. The van der Waals surface area contributed by atoms with Gasteiger partial charge in [-0.25, -0.2) is 9.78 Å². The molecule has 2 aliphatic rings. The molecule has 5 rings (SSSR count). The number of halogens is 1. The number of hydrogen-bond donors (Lipinski definition) is 1. The number of allylic oxidation sites excluding steroid dienone is 1. The number of ether oxygens (including phenoxy) is 1. The maximum atomic E-state index is 13.1. The number of para-hydroxylation sites is 1. The molecule has 156 valence electrons. The standard InChI is InChI=1S/C25H21ClN2O3/c26-17-8-5-15(6-9-17)13-16-7-12-20-23(19-3-1-2-4-21(19)28-24(16)20)25(30)31-14-22(29)27-18-10-11-18/h1-6,8-9,13,18H,7,10-12,14H2,(H,27,29). The van der Waals surface area contributed by atoms with Gasteiger partial charge in [0.2, 0.25) is 0 Å². The number of aromatic nitrogens is 1. The molecule has 0 bridgehead atoms. The molecule has 3 aromatic rings. The van der Waals surface area contributed by atoms with E-state index in [2.05, 4.69) is 11.4 Å². The summed E-state index contributed by atoms with van der Waals surface area (Å²) in [6.07, 6.45) is 5.55. The van der Waals surface area contributed by atoms with Gasteiger partial charge in [-0.2, -0.15) is 0 Å². The van der Waals surface area contributed by atoms with Crippen molar-refractivity contribution in [1.82, 2.24) is 10.3 Å². The Bertz CT molecular complexity index is 1210. The van der Waals surface area contributed by atoms with Crippen LogP contribution in [0, 0.1) is 0 Å². The fourth-order valence-electron chi connectivity index (χ4n) is 3.97. The van der Waals surface area contributed by atoms with Crippen molar-refractivity contribution in [3.8, 4) is 0 Å². The Morgan fingerprint density at radius 1 is 1.10 bits per heavy atom. The van der Waals surface area contributed by atoms with Gasteiger partial charge in [-0.15, -0.1) is 0 Å². The van der Waals surface area contributed by atoms with E-state index in [0.717, 1.165) is 52.6 Å².